The molecule has 0 N–H and O–H groups in total. The van der Waals surface area contributed by atoms with E-state index < -0.39 is 0 Å². The molecule has 0 rings (SSSR count). The zero-order valence-electron chi connectivity index (χ0n) is 5.98. The fourth-order valence-electron chi connectivity index (χ4n) is 0.405. The zero-order valence-corrected chi connectivity index (χ0v) is 6.79. The van der Waals surface area contributed by atoms with Gasteiger partial charge in [0.2, 0.25) is 0 Å². The van der Waals surface area contributed by atoms with Crippen LogP contribution in [0.15, 0.2) is 0 Å². The minimum absolute atomic E-state index is 1.17. The highest BCUT2D eigenvalue weighted by Crippen LogP contribution is 1.91. The van der Waals surface area contributed by atoms with E-state index >= 15 is 0 Å². The number of thioether (sulfide) groups is 1. The molecule has 0 heterocycles. The molecule has 0 aliphatic heterocycles. The first kappa shape index (κ1) is 8.31. The van der Waals surface area contributed by atoms with E-state index in [1.807, 2.05) is 11.8 Å². The van der Waals surface area contributed by atoms with Crippen LogP contribution < -0.4 is 0 Å². The average molecular weight is 133 g/mol. The summed E-state index contributed by atoms with van der Waals surface area (Å²) >= 11 is 1.90. The summed E-state index contributed by atoms with van der Waals surface area (Å²) in [6, 6.07) is 0. The van der Waals surface area contributed by atoms with Crippen LogP contribution in [0, 0.1) is 0 Å². The van der Waals surface area contributed by atoms with Gasteiger partial charge in [0.15, 0.2) is 0 Å². The molecule has 0 aromatic carbocycles. The molecule has 0 saturated carbocycles. The molecule has 0 aliphatic rings. The van der Waals surface area contributed by atoms with Crippen LogP contribution in [0.2, 0.25) is 0 Å². The monoisotopic (exact) mass is 133 g/mol. The van der Waals surface area contributed by atoms with E-state index in [4.69, 9.17) is 0 Å². The third-order valence-electron chi connectivity index (χ3n) is 1.22. The Labute approximate surface area is 56.4 Å². The summed E-state index contributed by atoms with van der Waals surface area (Å²) in [5.74, 6) is 1.25. The van der Waals surface area contributed by atoms with Gasteiger partial charge in [-0.2, -0.15) is 11.8 Å². The maximum atomic E-state index is 2.32. The molecule has 0 atom stereocenters. The van der Waals surface area contributed by atoms with Gasteiger partial charge in [-0.05, 0) is 19.8 Å². The fraction of sp³-hybridized carbons (Fsp3) is 1.00. The molecule has 50 valence electrons. The van der Waals surface area contributed by atoms with Crippen molar-refractivity contribution in [3.05, 3.63) is 0 Å². The molecule has 2 heteroatoms. The van der Waals surface area contributed by atoms with Gasteiger partial charge < -0.3 is 4.90 Å². The summed E-state index contributed by atoms with van der Waals surface area (Å²) in [6.45, 7) is 4.57. The Hall–Kier alpha value is 0.310. The van der Waals surface area contributed by atoms with E-state index in [1.165, 1.54) is 18.8 Å². The summed E-state index contributed by atoms with van der Waals surface area (Å²) < 4.78 is 0. The van der Waals surface area contributed by atoms with Crippen LogP contribution in [0.5, 0.6) is 0 Å². The number of rotatable bonds is 4. The molecule has 0 bridgehead atoms. The lowest BCUT2D eigenvalue weighted by Crippen LogP contribution is -2.20. The van der Waals surface area contributed by atoms with Gasteiger partial charge in [-0.25, -0.2) is 0 Å². The zero-order chi connectivity index (χ0) is 6.41. The molecule has 0 aromatic heterocycles. The molecule has 0 aliphatic carbocycles. The molecule has 8 heavy (non-hydrogen) atoms. The second-order valence-corrected chi connectivity index (χ2v) is 2.87. The first-order valence-electron chi connectivity index (χ1n) is 2.98. The Morgan fingerprint density at radius 1 is 1.50 bits per heavy atom. The van der Waals surface area contributed by atoms with Crippen molar-refractivity contribution < 1.29 is 0 Å². The number of hydrogen-bond acceptors (Lipinski definition) is 2. The van der Waals surface area contributed by atoms with Crippen LogP contribution in [0.1, 0.15) is 6.92 Å². The second-order valence-electron chi connectivity index (χ2n) is 1.89. The fourth-order valence-corrected chi connectivity index (χ4v) is 0.899. The van der Waals surface area contributed by atoms with Gasteiger partial charge in [0.05, 0.1) is 0 Å². The largest absolute Gasteiger partial charge is 0.306 e. The normalized spacial score (nSPS) is 10.5. The predicted octanol–water partition coefficient (Wildman–Crippen LogP) is 1.30. The van der Waals surface area contributed by atoms with Crippen LogP contribution in [0.4, 0.5) is 0 Å². The Balaban J connectivity index is 2.86. The lowest BCUT2D eigenvalue weighted by Gasteiger charge is -2.11. The quantitative estimate of drug-likeness (QED) is 0.568. The van der Waals surface area contributed by atoms with Crippen molar-refractivity contribution in [3.8, 4) is 0 Å². The van der Waals surface area contributed by atoms with Crippen LogP contribution in [-0.2, 0) is 0 Å². The topological polar surface area (TPSA) is 3.24 Å². The molecular formula is C6H15NS. The number of nitrogens with zero attached hydrogens (tertiary/aromatic N) is 1. The Morgan fingerprint density at radius 3 is 2.50 bits per heavy atom. The van der Waals surface area contributed by atoms with Crippen molar-refractivity contribution in [3.63, 3.8) is 0 Å². The van der Waals surface area contributed by atoms with E-state index in [9.17, 15) is 0 Å². The van der Waals surface area contributed by atoms with Crippen LogP contribution in [0.25, 0.3) is 0 Å². The molecule has 0 aromatic rings. The van der Waals surface area contributed by atoms with Crippen molar-refractivity contribution in [1.29, 1.82) is 0 Å². The highest BCUT2D eigenvalue weighted by molar-refractivity contribution is 7.98. The van der Waals surface area contributed by atoms with Crippen molar-refractivity contribution in [2.45, 2.75) is 6.92 Å². The van der Waals surface area contributed by atoms with Gasteiger partial charge in [0, 0.05) is 12.3 Å². The molecule has 0 saturated heterocycles. The summed E-state index contributed by atoms with van der Waals surface area (Å²) in [5, 5.41) is 0. The minimum atomic E-state index is 1.17. The summed E-state index contributed by atoms with van der Waals surface area (Å²) in [6.07, 6.45) is 2.14. The van der Waals surface area contributed by atoms with Crippen molar-refractivity contribution >= 4 is 11.8 Å². The third-order valence-corrected chi connectivity index (χ3v) is 1.81. The first-order chi connectivity index (χ1) is 3.81. The molecule has 0 fully saturated rings. The van der Waals surface area contributed by atoms with Crippen molar-refractivity contribution in [1.82, 2.24) is 4.90 Å². The lowest BCUT2D eigenvalue weighted by molar-refractivity contribution is 0.377. The van der Waals surface area contributed by atoms with Gasteiger partial charge in [-0.3, -0.25) is 0 Å². The Morgan fingerprint density at radius 2 is 2.12 bits per heavy atom. The molecular weight excluding hydrogens is 118 g/mol. The molecule has 0 radical (unpaired) electrons. The summed E-state index contributed by atoms with van der Waals surface area (Å²) in [7, 11) is 2.15. The van der Waals surface area contributed by atoms with Gasteiger partial charge in [-0.1, -0.05) is 6.92 Å². The van der Waals surface area contributed by atoms with E-state index in [0.29, 0.717) is 0 Å². The van der Waals surface area contributed by atoms with E-state index in [2.05, 4.69) is 25.1 Å². The van der Waals surface area contributed by atoms with E-state index in [-0.39, 0.29) is 0 Å². The third kappa shape index (κ3) is 4.47. The van der Waals surface area contributed by atoms with Gasteiger partial charge in [0.25, 0.3) is 0 Å². The van der Waals surface area contributed by atoms with E-state index in [1.54, 1.807) is 0 Å². The smallest absolute Gasteiger partial charge is 0.00691 e. The van der Waals surface area contributed by atoms with Crippen molar-refractivity contribution in [2.75, 3.05) is 32.1 Å². The predicted molar refractivity (Wildman–Crippen MR) is 41.6 cm³/mol. The van der Waals surface area contributed by atoms with Gasteiger partial charge in [-0.15, -0.1) is 0 Å². The van der Waals surface area contributed by atoms with Gasteiger partial charge >= 0.3 is 0 Å². The second kappa shape index (κ2) is 5.45. The van der Waals surface area contributed by atoms with Gasteiger partial charge in [0.1, 0.15) is 0 Å². The summed E-state index contributed by atoms with van der Waals surface area (Å²) in [4.78, 5) is 2.32. The standard InChI is InChI=1S/C6H15NS/c1-4-7(2)5-6-8-3/h4-6H2,1-3H3. The maximum absolute atomic E-state index is 2.32. The highest BCUT2D eigenvalue weighted by Gasteiger charge is 1.89. The highest BCUT2D eigenvalue weighted by atomic mass is 32.2. The Bertz CT molecular complexity index is 47.8. The maximum Gasteiger partial charge on any atom is 0.00691 e. The first-order valence-corrected chi connectivity index (χ1v) is 4.38. The molecule has 1 nitrogen and oxygen atoms in total. The average Bonchev–Trinajstić information content (AvgIpc) is 1.83. The SMILES string of the molecule is CCN(C)CCSC. The van der Waals surface area contributed by atoms with Crippen LogP contribution in [-0.4, -0.2) is 37.0 Å². The lowest BCUT2D eigenvalue weighted by atomic mass is 10.6. The molecule has 0 amide bonds. The van der Waals surface area contributed by atoms with Crippen LogP contribution >= 0.6 is 11.8 Å². The molecule has 0 spiro atoms. The summed E-state index contributed by atoms with van der Waals surface area (Å²) in [5.41, 5.74) is 0. The molecule has 0 unspecified atom stereocenters. The number of hydrogen-bond donors (Lipinski definition) is 0. The van der Waals surface area contributed by atoms with E-state index in [0.717, 1.165) is 0 Å². The van der Waals surface area contributed by atoms with Crippen LogP contribution in [0.3, 0.4) is 0 Å². The minimum Gasteiger partial charge on any atom is -0.306 e. The van der Waals surface area contributed by atoms with Crippen molar-refractivity contribution in [2.24, 2.45) is 0 Å². The Kier molecular flexibility index (Phi) is 5.66.